The number of carbonyl (C=O) groups is 2. The standard InChI is InChI=1S/C17H33NO3/c1-7-9-10-11-16(19)18(14(5)8-2)15(6)17(20)21-12-13(3)4/h13-15H,7-12H2,1-6H3. The van der Waals surface area contributed by atoms with E-state index in [1.807, 2.05) is 27.7 Å². The highest BCUT2D eigenvalue weighted by atomic mass is 16.5. The maximum absolute atomic E-state index is 12.4. The lowest BCUT2D eigenvalue weighted by molar-refractivity contribution is -0.157. The Bertz CT molecular complexity index is 315. The Hall–Kier alpha value is -1.06. The summed E-state index contributed by atoms with van der Waals surface area (Å²) in [6.07, 6.45) is 4.37. The van der Waals surface area contributed by atoms with Gasteiger partial charge in [0, 0.05) is 12.5 Å². The highest BCUT2D eigenvalue weighted by Crippen LogP contribution is 2.15. The van der Waals surface area contributed by atoms with Crippen LogP contribution in [0.4, 0.5) is 0 Å². The molecule has 2 atom stereocenters. The molecule has 2 unspecified atom stereocenters. The second-order valence-corrected chi connectivity index (χ2v) is 6.22. The number of amides is 1. The molecule has 0 fully saturated rings. The molecule has 0 aliphatic heterocycles. The molecule has 0 bridgehead atoms. The molecule has 0 aromatic heterocycles. The maximum Gasteiger partial charge on any atom is 0.328 e. The molecule has 0 N–H and O–H groups in total. The molecule has 0 aliphatic carbocycles. The quantitative estimate of drug-likeness (QED) is 0.455. The van der Waals surface area contributed by atoms with Crippen LogP contribution in [0.1, 0.15) is 73.6 Å². The van der Waals surface area contributed by atoms with Gasteiger partial charge in [-0.2, -0.15) is 0 Å². The van der Waals surface area contributed by atoms with Crippen LogP contribution in [0, 0.1) is 5.92 Å². The monoisotopic (exact) mass is 299 g/mol. The number of esters is 1. The largest absolute Gasteiger partial charge is 0.464 e. The van der Waals surface area contributed by atoms with Crippen molar-refractivity contribution in [3.63, 3.8) is 0 Å². The first-order chi connectivity index (χ1) is 9.84. The molecule has 1 amide bonds. The summed E-state index contributed by atoms with van der Waals surface area (Å²) in [6, 6.07) is -0.450. The molecular weight excluding hydrogens is 266 g/mol. The number of hydrogen-bond donors (Lipinski definition) is 0. The second-order valence-electron chi connectivity index (χ2n) is 6.22. The molecule has 0 radical (unpaired) electrons. The van der Waals surface area contributed by atoms with Crippen LogP contribution >= 0.6 is 0 Å². The minimum atomic E-state index is -0.507. The smallest absolute Gasteiger partial charge is 0.328 e. The molecular formula is C17H33NO3. The van der Waals surface area contributed by atoms with Crippen molar-refractivity contribution in [2.24, 2.45) is 5.92 Å². The van der Waals surface area contributed by atoms with Gasteiger partial charge in [0.25, 0.3) is 0 Å². The lowest BCUT2D eigenvalue weighted by atomic mass is 10.1. The Morgan fingerprint density at radius 3 is 2.14 bits per heavy atom. The Balaban J connectivity index is 4.72. The van der Waals surface area contributed by atoms with Gasteiger partial charge in [0.2, 0.25) is 5.91 Å². The zero-order valence-electron chi connectivity index (χ0n) is 14.6. The van der Waals surface area contributed by atoms with Crippen LogP contribution in [0.2, 0.25) is 0 Å². The summed E-state index contributed by atoms with van der Waals surface area (Å²) in [5.41, 5.74) is 0. The van der Waals surface area contributed by atoms with Gasteiger partial charge in [-0.15, -0.1) is 0 Å². The molecule has 0 spiro atoms. The van der Waals surface area contributed by atoms with E-state index in [2.05, 4.69) is 6.92 Å². The Kier molecular flexibility index (Phi) is 10.1. The first kappa shape index (κ1) is 19.9. The van der Waals surface area contributed by atoms with Gasteiger partial charge >= 0.3 is 5.97 Å². The number of carbonyl (C=O) groups excluding carboxylic acids is 2. The summed E-state index contributed by atoms with van der Waals surface area (Å²) in [5, 5.41) is 0. The first-order valence-electron chi connectivity index (χ1n) is 8.32. The van der Waals surface area contributed by atoms with E-state index in [9.17, 15) is 9.59 Å². The van der Waals surface area contributed by atoms with Crippen LogP contribution in [0.3, 0.4) is 0 Å². The van der Waals surface area contributed by atoms with Crippen molar-refractivity contribution in [1.82, 2.24) is 4.90 Å². The van der Waals surface area contributed by atoms with Gasteiger partial charge < -0.3 is 9.64 Å². The summed E-state index contributed by atoms with van der Waals surface area (Å²) in [6.45, 7) is 12.3. The van der Waals surface area contributed by atoms with Crippen molar-refractivity contribution in [1.29, 1.82) is 0 Å². The van der Waals surface area contributed by atoms with Gasteiger partial charge in [-0.1, -0.05) is 40.5 Å². The van der Waals surface area contributed by atoms with Crippen LogP contribution < -0.4 is 0 Å². The third-order valence-electron chi connectivity index (χ3n) is 3.67. The van der Waals surface area contributed by atoms with Gasteiger partial charge in [-0.3, -0.25) is 4.79 Å². The van der Waals surface area contributed by atoms with E-state index in [4.69, 9.17) is 4.74 Å². The van der Waals surface area contributed by atoms with E-state index in [0.29, 0.717) is 18.9 Å². The van der Waals surface area contributed by atoms with Crippen LogP contribution in [0.25, 0.3) is 0 Å². The van der Waals surface area contributed by atoms with Crippen LogP contribution in [-0.4, -0.2) is 35.5 Å². The number of ether oxygens (including phenoxy) is 1. The van der Waals surface area contributed by atoms with Crippen molar-refractivity contribution in [2.75, 3.05) is 6.61 Å². The van der Waals surface area contributed by atoms with Gasteiger partial charge in [0.1, 0.15) is 6.04 Å². The maximum atomic E-state index is 12.4. The average Bonchev–Trinajstić information content (AvgIpc) is 2.44. The van der Waals surface area contributed by atoms with Gasteiger partial charge in [0.15, 0.2) is 0 Å². The van der Waals surface area contributed by atoms with Crippen molar-refractivity contribution in [2.45, 2.75) is 85.7 Å². The Labute approximate surface area is 130 Å². The summed E-state index contributed by atoms with van der Waals surface area (Å²) in [4.78, 5) is 26.3. The third-order valence-corrected chi connectivity index (χ3v) is 3.67. The van der Waals surface area contributed by atoms with Gasteiger partial charge in [0.05, 0.1) is 6.61 Å². The van der Waals surface area contributed by atoms with E-state index >= 15 is 0 Å². The van der Waals surface area contributed by atoms with Crippen molar-refractivity contribution >= 4 is 11.9 Å². The SMILES string of the molecule is CCCCCC(=O)N(C(C)CC)C(C)C(=O)OCC(C)C. The molecule has 0 aromatic rings. The molecule has 21 heavy (non-hydrogen) atoms. The lowest BCUT2D eigenvalue weighted by Crippen LogP contribution is -2.48. The zero-order chi connectivity index (χ0) is 16.4. The number of hydrogen-bond acceptors (Lipinski definition) is 3. The highest BCUT2D eigenvalue weighted by Gasteiger charge is 2.29. The molecule has 4 heteroatoms. The minimum absolute atomic E-state index is 0.0562. The molecule has 124 valence electrons. The molecule has 4 nitrogen and oxygen atoms in total. The number of rotatable bonds is 10. The third kappa shape index (κ3) is 7.49. The fourth-order valence-electron chi connectivity index (χ4n) is 2.18. The van der Waals surface area contributed by atoms with Gasteiger partial charge in [-0.05, 0) is 32.6 Å². The molecule has 0 rings (SSSR count). The lowest BCUT2D eigenvalue weighted by Gasteiger charge is -2.33. The Morgan fingerprint density at radius 1 is 1.05 bits per heavy atom. The Morgan fingerprint density at radius 2 is 1.67 bits per heavy atom. The predicted octanol–water partition coefficient (Wildman–Crippen LogP) is 3.78. The number of nitrogens with zero attached hydrogens (tertiary/aromatic N) is 1. The van der Waals surface area contributed by atoms with Crippen molar-refractivity contribution in [3.8, 4) is 0 Å². The van der Waals surface area contributed by atoms with E-state index in [1.54, 1.807) is 11.8 Å². The van der Waals surface area contributed by atoms with Gasteiger partial charge in [-0.25, -0.2) is 4.79 Å². The van der Waals surface area contributed by atoms with Crippen molar-refractivity contribution in [3.05, 3.63) is 0 Å². The molecule has 0 saturated heterocycles. The molecule has 0 aromatic carbocycles. The first-order valence-corrected chi connectivity index (χ1v) is 8.32. The van der Waals surface area contributed by atoms with E-state index in [-0.39, 0.29) is 17.9 Å². The fraction of sp³-hybridized carbons (Fsp3) is 0.882. The number of unbranched alkanes of at least 4 members (excludes halogenated alkanes) is 2. The predicted molar refractivity (Wildman–Crippen MR) is 86.0 cm³/mol. The van der Waals surface area contributed by atoms with E-state index < -0.39 is 6.04 Å². The van der Waals surface area contributed by atoms with E-state index in [0.717, 1.165) is 25.7 Å². The molecule has 0 saturated carbocycles. The normalized spacial score (nSPS) is 13.9. The summed E-state index contributed by atoms with van der Waals surface area (Å²) in [7, 11) is 0. The molecule has 0 heterocycles. The fourth-order valence-corrected chi connectivity index (χ4v) is 2.18. The zero-order valence-corrected chi connectivity index (χ0v) is 14.6. The van der Waals surface area contributed by atoms with Crippen molar-refractivity contribution < 1.29 is 14.3 Å². The van der Waals surface area contributed by atoms with Crippen LogP contribution in [0.5, 0.6) is 0 Å². The summed E-state index contributed by atoms with van der Waals surface area (Å²) >= 11 is 0. The molecule has 0 aliphatic rings. The van der Waals surface area contributed by atoms with E-state index in [1.165, 1.54) is 0 Å². The summed E-state index contributed by atoms with van der Waals surface area (Å²) in [5.74, 6) is 0.0677. The van der Waals surface area contributed by atoms with Crippen LogP contribution in [0.15, 0.2) is 0 Å². The average molecular weight is 299 g/mol. The summed E-state index contributed by atoms with van der Waals surface area (Å²) < 4.78 is 5.28. The topological polar surface area (TPSA) is 46.6 Å². The minimum Gasteiger partial charge on any atom is -0.464 e. The second kappa shape index (κ2) is 10.6. The highest BCUT2D eigenvalue weighted by molar-refractivity contribution is 5.84. The van der Waals surface area contributed by atoms with Crippen LogP contribution in [-0.2, 0) is 14.3 Å².